The van der Waals surface area contributed by atoms with Gasteiger partial charge in [0.15, 0.2) is 0 Å². The fraction of sp³-hybridized carbons (Fsp3) is 0.167. The second-order valence-electron chi connectivity index (χ2n) is 5.20. The quantitative estimate of drug-likeness (QED) is 0.612. The van der Waals surface area contributed by atoms with Crippen molar-refractivity contribution in [1.29, 1.82) is 0 Å². The van der Waals surface area contributed by atoms with Gasteiger partial charge in [0.1, 0.15) is 5.01 Å². The zero-order valence-corrected chi connectivity index (χ0v) is 12.8. The van der Waals surface area contributed by atoms with E-state index in [9.17, 15) is 0 Å². The molecule has 20 heavy (non-hydrogen) atoms. The van der Waals surface area contributed by atoms with E-state index in [4.69, 9.17) is 4.98 Å². The van der Waals surface area contributed by atoms with Gasteiger partial charge in [0.25, 0.3) is 0 Å². The Morgan fingerprint density at radius 3 is 2.20 bits per heavy atom. The first-order valence-electron chi connectivity index (χ1n) is 6.74. The summed E-state index contributed by atoms with van der Waals surface area (Å²) in [5.41, 5.74) is 7.36. The zero-order chi connectivity index (χ0) is 14.1. The summed E-state index contributed by atoms with van der Waals surface area (Å²) in [6, 6.07) is 15.1. The van der Waals surface area contributed by atoms with Gasteiger partial charge in [-0.1, -0.05) is 42.0 Å². The van der Waals surface area contributed by atoms with E-state index < -0.39 is 0 Å². The number of nitrogens with zero attached hydrogens (tertiary/aromatic N) is 1. The molecule has 0 saturated carbocycles. The van der Waals surface area contributed by atoms with Crippen molar-refractivity contribution in [1.82, 2.24) is 4.98 Å². The summed E-state index contributed by atoms with van der Waals surface area (Å²) in [6.07, 6.45) is 0. The van der Waals surface area contributed by atoms with Crippen molar-refractivity contribution in [3.05, 3.63) is 64.5 Å². The normalized spacial score (nSPS) is 10.8. The van der Waals surface area contributed by atoms with Crippen molar-refractivity contribution in [2.45, 2.75) is 20.8 Å². The van der Waals surface area contributed by atoms with Gasteiger partial charge in [0.05, 0.1) is 5.69 Å². The molecule has 0 aliphatic carbocycles. The van der Waals surface area contributed by atoms with Crippen molar-refractivity contribution >= 4 is 11.3 Å². The molecule has 1 heterocycles. The highest BCUT2D eigenvalue weighted by Crippen LogP contribution is 2.29. The van der Waals surface area contributed by atoms with E-state index in [1.807, 2.05) is 0 Å². The van der Waals surface area contributed by atoms with Crippen LogP contribution in [0.15, 0.2) is 47.8 Å². The smallest absolute Gasteiger partial charge is 0.124 e. The topological polar surface area (TPSA) is 12.9 Å². The minimum atomic E-state index is 1.06. The van der Waals surface area contributed by atoms with Crippen LogP contribution in [0.2, 0.25) is 0 Å². The van der Waals surface area contributed by atoms with E-state index >= 15 is 0 Å². The predicted molar refractivity (Wildman–Crippen MR) is 87.2 cm³/mol. The summed E-state index contributed by atoms with van der Waals surface area (Å²) in [6.45, 7) is 6.39. The summed E-state index contributed by atoms with van der Waals surface area (Å²) in [7, 11) is 0. The minimum absolute atomic E-state index is 1.06. The van der Waals surface area contributed by atoms with Gasteiger partial charge in [-0.15, -0.1) is 11.3 Å². The molecule has 1 nitrogen and oxygen atoms in total. The van der Waals surface area contributed by atoms with E-state index in [2.05, 4.69) is 68.6 Å². The van der Waals surface area contributed by atoms with Gasteiger partial charge in [-0.25, -0.2) is 4.98 Å². The fourth-order valence-electron chi connectivity index (χ4n) is 2.14. The molecule has 0 bridgehead atoms. The van der Waals surface area contributed by atoms with Crippen molar-refractivity contribution in [3.8, 4) is 21.8 Å². The Morgan fingerprint density at radius 2 is 1.50 bits per heavy atom. The highest BCUT2D eigenvalue weighted by molar-refractivity contribution is 7.13. The highest BCUT2D eigenvalue weighted by atomic mass is 32.1. The van der Waals surface area contributed by atoms with E-state index in [0.29, 0.717) is 0 Å². The molecule has 0 atom stereocenters. The summed E-state index contributed by atoms with van der Waals surface area (Å²) >= 11 is 1.70. The summed E-state index contributed by atoms with van der Waals surface area (Å²) < 4.78 is 0. The average Bonchev–Trinajstić information content (AvgIpc) is 2.92. The van der Waals surface area contributed by atoms with Crippen LogP contribution in [0.3, 0.4) is 0 Å². The lowest BCUT2D eigenvalue weighted by Crippen LogP contribution is -1.84. The Balaban J connectivity index is 1.97. The van der Waals surface area contributed by atoms with Crippen LogP contribution in [0.25, 0.3) is 21.8 Å². The Kier molecular flexibility index (Phi) is 3.41. The first kappa shape index (κ1) is 13.1. The van der Waals surface area contributed by atoms with Crippen LogP contribution in [0, 0.1) is 20.8 Å². The van der Waals surface area contributed by atoms with E-state index in [1.54, 1.807) is 11.3 Å². The molecule has 0 aliphatic rings. The monoisotopic (exact) mass is 279 g/mol. The molecule has 2 heteroatoms. The van der Waals surface area contributed by atoms with E-state index in [0.717, 1.165) is 10.7 Å². The highest BCUT2D eigenvalue weighted by Gasteiger charge is 2.07. The first-order chi connectivity index (χ1) is 9.63. The van der Waals surface area contributed by atoms with Crippen LogP contribution in [0.4, 0.5) is 0 Å². The lowest BCUT2D eigenvalue weighted by molar-refractivity contribution is 1.32. The van der Waals surface area contributed by atoms with Gasteiger partial charge in [-0.3, -0.25) is 0 Å². The third-order valence-electron chi connectivity index (χ3n) is 3.61. The molecule has 0 amide bonds. The summed E-state index contributed by atoms with van der Waals surface area (Å²) in [5, 5.41) is 3.22. The number of hydrogen-bond donors (Lipinski definition) is 0. The van der Waals surface area contributed by atoms with Crippen molar-refractivity contribution < 1.29 is 0 Å². The van der Waals surface area contributed by atoms with Gasteiger partial charge in [-0.2, -0.15) is 0 Å². The standard InChI is InChI=1S/C18H17NS/c1-12-4-7-15(8-5-12)18-19-17(11-20-18)16-9-6-13(2)14(3)10-16/h4-11H,1-3H3. The van der Waals surface area contributed by atoms with E-state index in [-0.39, 0.29) is 0 Å². The number of rotatable bonds is 2. The van der Waals surface area contributed by atoms with Gasteiger partial charge < -0.3 is 0 Å². The molecule has 0 aliphatic heterocycles. The third kappa shape index (κ3) is 2.52. The SMILES string of the molecule is Cc1ccc(-c2nc(-c3ccc(C)c(C)c3)cs2)cc1. The Morgan fingerprint density at radius 1 is 0.800 bits per heavy atom. The molecule has 100 valence electrons. The lowest BCUT2D eigenvalue weighted by Gasteiger charge is -2.02. The molecule has 0 saturated heterocycles. The van der Waals surface area contributed by atoms with Crippen LogP contribution >= 0.6 is 11.3 Å². The van der Waals surface area contributed by atoms with Crippen LogP contribution in [0.1, 0.15) is 16.7 Å². The fourth-order valence-corrected chi connectivity index (χ4v) is 2.97. The van der Waals surface area contributed by atoms with Gasteiger partial charge >= 0.3 is 0 Å². The van der Waals surface area contributed by atoms with Gasteiger partial charge in [0, 0.05) is 16.5 Å². The molecule has 0 N–H and O–H groups in total. The molecule has 0 radical (unpaired) electrons. The Hall–Kier alpha value is -1.93. The van der Waals surface area contributed by atoms with Gasteiger partial charge in [-0.05, 0) is 38.0 Å². The average molecular weight is 279 g/mol. The third-order valence-corrected chi connectivity index (χ3v) is 4.50. The Labute approximate surface area is 124 Å². The molecular formula is C18H17NS. The molecule has 2 aromatic carbocycles. The van der Waals surface area contributed by atoms with Crippen LogP contribution in [-0.4, -0.2) is 4.98 Å². The summed E-state index contributed by atoms with van der Waals surface area (Å²) in [4.78, 5) is 4.77. The minimum Gasteiger partial charge on any atom is -0.236 e. The maximum Gasteiger partial charge on any atom is 0.124 e. The Bertz CT molecular complexity index is 738. The zero-order valence-electron chi connectivity index (χ0n) is 12.0. The number of aryl methyl sites for hydroxylation is 3. The molecule has 0 spiro atoms. The van der Waals surface area contributed by atoms with Crippen LogP contribution in [-0.2, 0) is 0 Å². The van der Waals surface area contributed by atoms with Crippen molar-refractivity contribution in [2.24, 2.45) is 0 Å². The maximum atomic E-state index is 4.77. The largest absolute Gasteiger partial charge is 0.236 e. The van der Waals surface area contributed by atoms with Gasteiger partial charge in [0.2, 0.25) is 0 Å². The molecule has 0 unspecified atom stereocenters. The molecule has 3 aromatic rings. The molecule has 3 rings (SSSR count). The van der Waals surface area contributed by atoms with Crippen molar-refractivity contribution in [2.75, 3.05) is 0 Å². The number of hydrogen-bond acceptors (Lipinski definition) is 2. The predicted octanol–water partition coefficient (Wildman–Crippen LogP) is 5.40. The summed E-state index contributed by atoms with van der Waals surface area (Å²) in [5.74, 6) is 0. The molecule has 1 aromatic heterocycles. The maximum absolute atomic E-state index is 4.77. The first-order valence-corrected chi connectivity index (χ1v) is 7.61. The second-order valence-corrected chi connectivity index (χ2v) is 6.06. The number of thiazole rings is 1. The molecule has 0 fully saturated rings. The number of aromatic nitrogens is 1. The van der Waals surface area contributed by atoms with E-state index in [1.165, 1.54) is 27.8 Å². The van der Waals surface area contributed by atoms with Crippen LogP contribution in [0.5, 0.6) is 0 Å². The van der Waals surface area contributed by atoms with Crippen molar-refractivity contribution in [3.63, 3.8) is 0 Å². The molecular weight excluding hydrogens is 262 g/mol. The number of benzene rings is 2. The second kappa shape index (κ2) is 5.22. The van der Waals surface area contributed by atoms with Crippen LogP contribution < -0.4 is 0 Å². The lowest BCUT2D eigenvalue weighted by atomic mass is 10.1.